The SMILES string of the molecule is CNC(=O)C1CCC(CN2C(=O)CC(SCCC(=O)N(C)[C@@H](C)C(=O)O[C@H]3CC(=O)N(C)c4cc(cc(OC)c4Cl)C/C(C)=C/C=C/[C@@H](OC)[C@@]4(O)C[C@H](OC(=O)N4)[C@@H](C)C4O[C@]43C)C2=O)CC1. The fourth-order valence-electron chi connectivity index (χ4n) is 9.73. The maximum Gasteiger partial charge on any atom is 0.409 e. The number of anilines is 1. The van der Waals surface area contributed by atoms with Gasteiger partial charge in [0.05, 0.1) is 30.6 Å². The lowest BCUT2D eigenvalue weighted by Gasteiger charge is -2.42. The zero-order valence-electron chi connectivity index (χ0n) is 40.3. The van der Waals surface area contributed by atoms with E-state index in [9.17, 15) is 38.7 Å². The summed E-state index contributed by atoms with van der Waals surface area (Å²) >= 11 is 8.03. The maximum absolute atomic E-state index is 14.3. The summed E-state index contributed by atoms with van der Waals surface area (Å²) in [6, 6.07) is 2.43. The van der Waals surface area contributed by atoms with Crippen LogP contribution in [0, 0.1) is 17.8 Å². The summed E-state index contributed by atoms with van der Waals surface area (Å²) in [6.45, 7) is 7.19. The summed E-state index contributed by atoms with van der Waals surface area (Å²) in [5.74, 6) is -2.17. The number of likely N-dealkylation sites (tertiary alicyclic amines) is 1. The molecule has 18 nitrogen and oxygen atoms in total. The van der Waals surface area contributed by atoms with E-state index >= 15 is 0 Å². The lowest BCUT2D eigenvalue weighted by molar-refractivity contribution is -0.162. The number of imide groups is 1. The Bertz CT molecular complexity index is 2180. The van der Waals surface area contributed by atoms with Gasteiger partial charge in [-0.25, -0.2) is 9.59 Å². The van der Waals surface area contributed by atoms with Gasteiger partial charge >= 0.3 is 12.1 Å². The molecule has 0 spiro atoms. The van der Waals surface area contributed by atoms with Crippen LogP contribution in [-0.2, 0) is 54.1 Å². The van der Waals surface area contributed by atoms with Crippen molar-refractivity contribution < 1.29 is 62.4 Å². The number of carbonyl (C=O) groups is 7. The first-order valence-corrected chi connectivity index (χ1v) is 24.6. The van der Waals surface area contributed by atoms with Gasteiger partial charge in [0.25, 0.3) is 0 Å². The molecule has 1 aliphatic carbocycles. The monoisotopic (exact) mass is 987 g/mol. The Balaban J connectivity index is 1.15. The molecule has 1 aromatic carbocycles. The molecule has 0 radical (unpaired) electrons. The van der Waals surface area contributed by atoms with Crippen LogP contribution in [0.5, 0.6) is 5.75 Å². The second-order valence-electron chi connectivity index (χ2n) is 18.9. The fraction of sp³-hybridized carbons (Fsp3) is 0.646. The largest absolute Gasteiger partial charge is 0.495 e. The minimum absolute atomic E-state index is 0.0137. The van der Waals surface area contributed by atoms with E-state index in [1.165, 1.54) is 54.7 Å². The molecule has 3 saturated heterocycles. The van der Waals surface area contributed by atoms with Crippen molar-refractivity contribution in [1.82, 2.24) is 20.4 Å². The highest BCUT2D eigenvalue weighted by Gasteiger charge is 2.64. The Labute approximate surface area is 407 Å². The maximum atomic E-state index is 14.3. The molecule has 6 rings (SSSR count). The van der Waals surface area contributed by atoms with Crippen LogP contribution in [0.15, 0.2) is 35.9 Å². The average Bonchev–Trinajstić information content (AvgIpc) is 3.94. The number of nitrogens with zero attached hydrogens (tertiary/aromatic N) is 3. The van der Waals surface area contributed by atoms with Gasteiger partial charge < -0.3 is 43.9 Å². The van der Waals surface area contributed by atoms with Gasteiger partial charge in [0.1, 0.15) is 40.7 Å². The number of nitrogens with one attached hydrogen (secondary N) is 2. The van der Waals surface area contributed by atoms with Crippen LogP contribution in [0.25, 0.3) is 0 Å². The molecule has 20 heteroatoms. The number of thioether (sulfide) groups is 1. The Morgan fingerprint density at radius 2 is 1.81 bits per heavy atom. The van der Waals surface area contributed by atoms with Crippen molar-refractivity contribution in [1.29, 1.82) is 0 Å². The number of allylic oxidation sites excluding steroid dienone is 3. The number of amides is 6. The third-order valence-electron chi connectivity index (χ3n) is 14.3. The number of methoxy groups -OCH3 is 2. The molecular weight excluding hydrogens is 922 g/mol. The van der Waals surface area contributed by atoms with Gasteiger partial charge in [-0.1, -0.05) is 42.3 Å². The number of aliphatic hydroxyl groups is 1. The first-order valence-electron chi connectivity index (χ1n) is 23.2. The van der Waals surface area contributed by atoms with E-state index in [1.54, 1.807) is 52.2 Å². The topological polar surface area (TPSA) is 223 Å². The molecule has 3 N–H and O–H groups in total. The Hall–Kier alpha value is -4.69. The van der Waals surface area contributed by atoms with Crippen LogP contribution in [0.2, 0.25) is 5.02 Å². The van der Waals surface area contributed by atoms with E-state index in [2.05, 4.69) is 10.6 Å². The van der Waals surface area contributed by atoms with Gasteiger partial charge in [-0.2, -0.15) is 0 Å². The van der Waals surface area contributed by atoms with Gasteiger partial charge in [0.2, 0.25) is 29.5 Å². The average molecular weight is 989 g/mol. The molecule has 4 aliphatic heterocycles. The van der Waals surface area contributed by atoms with Crippen LogP contribution >= 0.6 is 23.4 Å². The highest BCUT2D eigenvalue weighted by atomic mass is 35.5. The molecule has 4 heterocycles. The second kappa shape index (κ2) is 21.9. The van der Waals surface area contributed by atoms with Crippen molar-refractivity contribution in [2.24, 2.45) is 17.8 Å². The van der Waals surface area contributed by atoms with Crippen molar-refractivity contribution in [3.05, 3.63) is 46.5 Å². The normalized spacial score (nSPS) is 32.7. The minimum atomic E-state index is -1.87. The Morgan fingerprint density at radius 1 is 1.10 bits per heavy atom. The molecule has 0 aromatic heterocycles. The van der Waals surface area contributed by atoms with Gasteiger partial charge in [-0.3, -0.25) is 34.2 Å². The summed E-state index contributed by atoms with van der Waals surface area (Å²) in [5.41, 5.74) is -1.14. The number of carbonyl (C=O) groups excluding carboxylic acids is 7. The van der Waals surface area contributed by atoms with Crippen LogP contribution < -0.4 is 20.3 Å². The van der Waals surface area contributed by atoms with E-state index < -0.39 is 76.8 Å². The van der Waals surface area contributed by atoms with Crippen LogP contribution in [0.1, 0.15) is 84.6 Å². The molecule has 1 saturated carbocycles. The van der Waals surface area contributed by atoms with Gasteiger partial charge in [0.15, 0.2) is 5.72 Å². The summed E-state index contributed by atoms with van der Waals surface area (Å²) < 4.78 is 29.4. The van der Waals surface area contributed by atoms with Crippen molar-refractivity contribution in [2.45, 2.75) is 133 Å². The van der Waals surface area contributed by atoms with E-state index in [0.29, 0.717) is 37.2 Å². The molecule has 68 heavy (non-hydrogen) atoms. The Morgan fingerprint density at radius 3 is 2.47 bits per heavy atom. The summed E-state index contributed by atoms with van der Waals surface area (Å²) in [4.78, 5) is 97.2. The van der Waals surface area contributed by atoms with Crippen molar-refractivity contribution in [3.63, 3.8) is 0 Å². The van der Waals surface area contributed by atoms with Crippen molar-refractivity contribution in [3.8, 4) is 5.75 Å². The molecule has 2 unspecified atom stereocenters. The smallest absolute Gasteiger partial charge is 0.409 e. The lowest BCUT2D eigenvalue weighted by atomic mass is 9.81. The number of alkyl carbamates (subject to hydrolysis) is 1. The molecule has 4 bridgehead atoms. The van der Waals surface area contributed by atoms with E-state index in [4.69, 9.17) is 35.3 Å². The number of hydrogen-bond acceptors (Lipinski definition) is 14. The summed E-state index contributed by atoms with van der Waals surface area (Å²) in [7, 11) is 7.52. The van der Waals surface area contributed by atoms with E-state index in [-0.39, 0.29) is 66.0 Å². The van der Waals surface area contributed by atoms with Crippen LogP contribution in [0.3, 0.4) is 0 Å². The molecule has 374 valence electrons. The zero-order valence-corrected chi connectivity index (χ0v) is 41.9. The van der Waals surface area contributed by atoms with E-state index in [1.807, 2.05) is 13.0 Å². The van der Waals surface area contributed by atoms with Gasteiger partial charge in [0, 0.05) is 71.6 Å². The number of benzene rings is 1. The van der Waals surface area contributed by atoms with Crippen LogP contribution in [-0.4, -0.2) is 151 Å². The molecule has 1 aromatic rings. The fourth-order valence-corrected chi connectivity index (χ4v) is 11.1. The van der Waals surface area contributed by atoms with Gasteiger partial charge in [-0.15, -0.1) is 11.8 Å². The summed E-state index contributed by atoms with van der Waals surface area (Å²) in [5, 5.41) is 16.6. The third kappa shape index (κ3) is 11.7. The molecular formula is C48H66ClN5O13S. The minimum Gasteiger partial charge on any atom is -0.495 e. The predicted molar refractivity (Wildman–Crippen MR) is 253 cm³/mol. The van der Waals surface area contributed by atoms with Gasteiger partial charge in [-0.05, 0) is 76.5 Å². The first kappa shape index (κ1) is 52.7. The Kier molecular flexibility index (Phi) is 17.0. The molecule has 6 amide bonds. The second-order valence-corrected chi connectivity index (χ2v) is 20.6. The number of rotatable bonds is 12. The number of halogens is 1. The van der Waals surface area contributed by atoms with Crippen molar-refractivity contribution in [2.75, 3.05) is 52.6 Å². The summed E-state index contributed by atoms with van der Waals surface area (Å²) in [6.07, 6.45) is 3.39. The molecule has 4 fully saturated rings. The lowest BCUT2D eigenvalue weighted by Crippen LogP contribution is -2.63. The zero-order chi connectivity index (χ0) is 49.8. The quantitative estimate of drug-likeness (QED) is 0.151. The number of hydrogen-bond donors (Lipinski definition) is 3. The van der Waals surface area contributed by atoms with Crippen LogP contribution in [0.4, 0.5) is 10.5 Å². The first-order chi connectivity index (χ1) is 32.1. The predicted octanol–water partition coefficient (Wildman–Crippen LogP) is 4.32. The highest BCUT2D eigenvalue weighted by Crippen LogP contribution is 2.49. The number of fused-ring (bicyclic) bond motifs is 5. The number of epoxide rings is 1. The standard InChI is InChI=1S/C48H66ClN5O13S/c1-26-11-10-12-36(64-9)48(62)24-34(65-46(61)51-48)27(2)42-47(4,67-42)37(23-39(56)53(7)32-20-30(19-26)21-33(63-8)41(32)49)66-45(60)28(3)52(6)38(55)17-18-68-35-22-40(57)54(44(35)59)25-29-13-15-31(16-14-29)43(58)50-5/h10-12,20-21,27-29,31,34-37,42,62H,13-19,22-25H2,1-9H3,(H,50,58)(H,51,61)/b12-10+,26-11+/t27-,28+,29?,31?,34+,35?,36-,37+,42?,47+,48+/m1/s1. The number of ether oxygens (including phenoxy) is 5. The van der Waals surface area contributed by atoms with Crippen molar-refractivity contribution >= 4 is 70.6 Å². The number of esters is 1. The molecule has 9 atom stereocenters. The highest BCUT2D eigenvalue weighted by molar-refractivity contribution is 8.00. The number of likely N-dealkylation sites (N-methyl/N-ethyl adjacent to an activating group) is 1. The third-order valence-corrected chi connectivity index (χ3v) is 15.9. The molecule has 5 aliphatic rings. The van der Waals surface area contributed by atoms with E-state index in [0.717, 1.165) is 24.0 Å².